The molecule has 3 rings (SSSR count). The Morgan fingerprint density at radius 3 is 2.56 bits per heavy atom. The molecular formula is C27H38ClN3O6S2. The lowest BCUT2D eigenvalue weighted by Crippen LogP contribution is -2.45. The topological polar surface area (TPSA) is 124 Å². The fraction of sp³-hybridized carbons (Fsp3) is 0.593. The molecule has 1 aliphatic rings. The molecular weight excluding hydrogens is 562 g/mol. The van der Waals surface area contributed by atoms with Crippen molar-refractivity contribution in [2.45, 2.75) is 88.9 Å². The summed E-state index contributed by atoms with van der Waals surface area (Å²) >= 11 is 7.33. The molecule has 39 heavy (non-hydrogen) atoms. The number of hydrogen-bond acceptors (Lipinski definition) is 9. The molecule has 1 heterocycles. The Bertz CT molecular complexity index is 1270. The summed E-state index contributed by atoms with van der Waals surface area (Å²) in [6.07, 6.45) is 5.75. The van der Waals surface area contributed by atoms with Crippen LogP contribution in [0.5, 0.6) is 0 Å². The van der Waals surface area contributed by atoms with E-state index >= 15 is 0 Å². The Labute approximate surface area is 239 Å². The van der Waals surface area contributed by atoms with Crippen LogP contribution in [0.3, 0.4) is 0 Å². The molecule has 1 saturated carbocycles. The Hall–Kier alpha value is -2.05. The number of nitrogens with zero attached hydrogens (tertiary/aromatic N) is 1. The molecule has 0 bridgehead atoms. The maximum Gasteiger partial charge on any atom is 0.325 e. The van der Waals surface area contributed by atoms with Gasteiger partial charge in [0.1, 0.15) is 12.1 Å². The first-order valence-corrected chi connectivity index (χ1v) is 16.2. The van der Waals surface area contributed by atoms with Crippen molar-refractivity contribution in [2.24, 2.45) is 0 Å². The number of ether oxygens (including phenoxy) is 2. The van der Waals surface area contributed by atoms with E-state index in [0.717, 1.165) is 36.8 Å². The van der Waals surface area contributed by atoms with Gasteiger partial charge in [-0.05, 0) is 84.0 Å². The summed E-state index contributed by atoms with van der Waals surface area (Å²) < 4.78 is 35.6. The minimum absolute atomic E-state index is 0.0281. The van der Waals surface area contributed by atoms with Crippen molar-refractivity contribution in [3.63, 3.8) is 0 Å². The maximum absolute atomic E-state index is 12.7. The van der Waals surface area contributed by atoms with Crippen LogP contribution in [0.2, 0.25) is 5.02 Å². The van der Waals surface area contributed by atoms with Crippen LogP contribution >= 0.6 is 22.9 Å². The monoisotopic (exact) mass is 599 g/mol. The minimum Gasteiger partial charge on any atom is -0.461 e. The van der Waals surface area contributed by atoms with Crippen molar-refractivity contribution in [2.75, 3.05) is 24.7 Å². The third-order valence-electron chi connectivity index (χ3n) is 6.16. The molecule has 1 fully saturated rings. The summed E-state index contributed by atoms with van der Waals surface area (Å²) in [6.45, 7) is 8.21. The van der Waals surface area contributed by atoms with Crippen LogP contribution in [0.4, 0.5) is 5.13 Å². The van der Waals surface area contributed by atoms with E-state index in [2.05, 4.69) is 15.6 Å². The van der Waals surface area contributed by atoms with Gasteiger partial charge in [0.2, 0.25) is 5.91 Å². The van der Waals surface area contributed by atoms with Gasteiger partial charge in [0.15, 0.2) is 15.0 Å². The molecule has 1 aromatic carbocycles. The second kappa shape index (κ2) is 13.5. The first-order valence-electron chi connectivity index (χ1n) is 13.1. The van der Waals surface area contributed by atoms with Gasteiger partial charge in [-0.15, -0.1) is 0 Å². The highest BCUT2D eigenvalue weighted by Crippen LogP contribution is 2.35. The van der Waals surface area contributed by atoms with E-state index in [-0.39, 0.29) is 40.9 Å². The van der Waals surface area contributed by atoms with Crippen molar-refractivity contribution in [3.05, 3.63) is 28.9 Å². The van der Waals surface area contributed by atoms with Crippen LogP contribution in [0, 0.1) is 6.92 Å². The summed E-state index contributed by atoms with van der Waals surface area (Å²) in [4.78, 5) is 30.5. The third kappa shape index (κ3) is 9.82. The van der Waals surface area contributed by atoms with E-state index in [1.807, 2.05) is 20.8 Å². The largest absolute Gasteiger partial charge is 0.461 e. The number of anilines is 1. The lowest BCUT2D eigenvalue weighted by Gasteiger charge is -2.25. The van der Waals surface area contributed by atoms with Gasteiger partial charge >= 0.3 is 5.97 Å². The summed E-state index contributed by atoms with van der Waals surface area (Å²) in [5.41, 5.74) is 0.935. The number of aromatic nitrogens is 1. The van der Waals surface area contributed by atoms with Crippen molar-refractivity contribution in [1.82, 2.24) is 10.3 Å². The van der Waals surface area contributed by atoms with Crippen molar-refractivity contribution < 1.29 is 27.5 Å². The summed E-state index contributed by atoms with van der Waals surface area (Å²) in [5.74, 6) is -0.524. The van der Waals surface area contributed by atoms with Crippen molar-refractivity contribution in [1.29, 1.82) is 0 Å². The molecule has 0 aliphatic heterocycles. The van der Waals surface area contributed by atoms with Crippen molar-refractivity contribution in [3.8, 4) is 10.4 Å². The van der Waals surface area contributed by atoms with Gasteiger partial charge in [-0.3, -0.25) is 9.59 Å². The number of carbonyl (C=O) groups is 2. The highest BCUT2D eigenvalue weighted by Gasteiger charge is 2.27. The quantitative estimate of drug-likeness (QED) is 0.253. The lowest BCUT2D eigenvalue weighted by molar-refractivity contribution is -0.154. The number of benzene rings is 1. The Balaban J connectivity index is 1.53. The zero-order chi connectivity index (χ0) is 28.8. The van der Waals surface area contributed by atoms with E-state index in [0.29, 0.717) is 29.4 Å². The fourth-order valence-corrected chi connectivity index (χ4v) is 6.43. The summed E-state index contributed by atoms with van der Waals surface area (Å²) in [6, 6.07) is 4.19. The first-order chi connectivity index (χ1) is 18.2. The molecule has 0 unspecified atom stereocenters. The molecule has 0 saturated heterocycles. The number of sulfone groups is 1. The molecule has 0 spiro atoms. The molecule has 2 N–H and O–H groups in total. The summed E-state index contributed by atoms with van der Waals surface area (Å²) in [5, 5.41) is 6.58. The molecule has 216 valence electrons. The van der Waals surface area contributed by atoms with E-state index in [9.17, 15) is 18.0 Å². The lowest BCUT2D eigenvalue weighted by atomic mass is 10.2. The SMILES string of the molecule is Cc1nc(NC(=O)CCCN[C@@H](COC(C)(C)C)C(=O)OC2CCCC2)sc1-c1ccc(Cl)c(S(C)(=O)=O)c1. The van der Waals surface area contributed by atoms with Gasteiger partial charge in [-0.2, -0.15) is 0 Å². The smallest absolute Gasteiger partial charge is 0.325 e. The number of nitrogens with one attached hydrogen (secondary N) is 2. The standard InChI is InChI=1S/C27H38ClN3O6S2/c1-17-24(18-12-13-20(28)22(15-18)39(5,34)35)38-26(30-17)31-23(32)11-8-14-29-21(16-36-27(2,3)4)25(33)37-19-9-6-7-10-19/h12-13,15,19,21,29H,6-11,14,16H2,1-5H3,(H,30,31,32)/t21-/m0/s1. The van der Waals surface area contributed by atoms with E-state index in [1.54, 1.807) is 19.1 Å². The van der Waals surface area contributed by atoms with E-state index in [4.69, 9.17) is 21.1 Å². The molecule has 0 radical (unpaired) electrons. The predicted molar refractivity (Wildman–Crippen MR) is 154 cm³/mol. The van der Waals surface area contributed by atoms with E-state index < -0.39 is 21.5 Å². The Morgan fingerprint density at radius 1 is 1.23 bits per heavy atom. The van der Waals surface area contributed by atoms with Gasteiger partial charge in [0.25, 0.3) is 0 Å². The van der Waals surface area contributed by atoms with Gasteiger partial charge < -0.3 is 20.1 Å². The molecule has 1 atom stereocenters. The average molecular weight is 600 g/mol. The number of aryl methyl sites for hydroxylation is 1. The number of carbonyl (C=O) groups excluding carboxylic acids is 2. The number of esters is 1. The van der Waals surface area contributed by atoms with Crippen LogP contribution in [-0.4, -0.2) is 62.4 Å². The zero-order valence-corrected chi connectivity index (χ0v) is 25.5. The molecule has 1 aliphatic carbocycles. The number of thiazole rings is 1. The van der Waals surface area contributed by atoms with Crippen LogP contribution in [0.1, 0.15) is 65.0 Å². The Morgan fingerprint density at radius 2 is 1.92 bits per heavy atom. The zero-order valence-electron chi connectivity index (χ0n) is 23.1. The normalized spacial score (nSPS) is 15.3. The predicted octanol–water partition coefficient (Wildman–Crippen LogP) is 5.15. The average Bonchev–Trinajstić information content (AvgIpc) is 3.46. The first kappa shape index (κ1) is 31.5. The number of halogens is 1. The molecule has 12 heteroatoms. The van der Waals surface area contributed by atoms with Crippen LogP contribution in [0.15, 0.2) is 23.1 Å². The minimum atomic E-state index is -3.49. The number of rotatable bonds is 12. The second-order valence-corrected chi connectivity index (χ2v) is 14.2. The van der Waals surface area contributed by atoms with Crippen molar-refractivity contribution >= 4 is 49.8 Å². The Kier molecular flexibility index (Phi) is 10.9. The number of hydrogen-bond donors (Lipinski definition) is 2. The van der Waals surface area contributed by atoms with Crippen LogP contribution in [-0.2, 0) is 28.9 Å². The maximum atomic E-state index is 12.7. The molecule has 1 amide bonds. The second-order valence-electron chi connectivity index (χ2n) is 10.8. The van der Waals surface area contributed by atoms with Crippen LogP contribution in [0.25, 0.3) is 10.4 Å². The molecule has 9 nitrogen and oxygen atoms in total. The highest BCUT2D eigenvalue weighted by molar-refractivity contribution is 7.90. The van der Waals surface area contributed by atoms with Crippen LogP contribution < -0.4 is 10.6 Å². The molecule has 2 aromatic rings. The van der Waals surface area contributed by atoms with Gasteiger partial charge in [-0.25, -0.2) is 13.4 Å². The fourth-order valence-electron chi connectivity index (χ4n) is 4.15. The third-order valence-corrected chi connectivity index (χ3v) is 8.86. The van der Waals surface area contributed by atoms with Gasteiger partial charge in [0.05, 0.1) is 32.7 Å². The molecule has 1 aromatic heterocycles. The van der Waals surface area contributed by atoms with Gasteiger partial charge in [-0.1, -0.05) is 29.0 Å². The summed E-state index contributed by atoms with van der Waals surface area (Å²) in [7, 11) is -3.49. The van der Waals surface area contributed by atoms with Gasteiger partial charge in [0, 0.05) is 12.7 Å². The highest BCUT2D eigenvalue weighted by atomic mass is 35.5. The van der Waals surface area contributed by atoms with E-state index in [1.165, 1.54) is 17.4 Å². The number of amides is 1.